The van der Waals surface area contributed by atoms with Crippen LogP contribution in [-0.2, 0) is 13.5 Å². The molecule has 2 fully saturated rings. The van der Waals surface area contributed by atoms with Gasteiger partial charge in [0, 0.05) is 44.5 Å². The first-order valence-electron chi connectivity index (χ1n) is 7.61. The molecule has 1 saturated carbocycles. The maximum atomic E-state index is 4.43. The van der Waals surface area contributed by atoms with Crippen molar-refractivity contribution in [1.82, 2.24) is 19.8 Å². The molecule has 3 rings (SSSR count). The molecule has 4 nitrogen and oxygen atoms in total. The fourth-order valence-corrected chi connectivity index (χ4v) is 3.36. The SMILES string of the molecule is Cn1ccnc1CCN1CCCNC(C)(C2CC2)C1. The molecule has 0 radical (unpaired) electrons. The van der Waals surface area contributed by atoms with Crippen LogP contribution in [-0.4, -0.2) is 46.2 Å². The number of nitrogens with one attached hydrogen (secondary N) is 1. The fourth-order valence-electron chi connectivity index (χ4n) is 3.36. The van der Waals surface area contributed by atoms with Crippen molar-refractivity contribution in [2.45, 2.75) is 38.1 Å². The van der Waals surface area contributed by atoms with E-state index in [1.807, 2.05) is 12.4 Å². The van der Waals surface area contributed by atoms with Gasteiger partial charge in [-0.15, -0.1) is 0 Å². The minimum atomic E-state index is 0.345. The van der Waals surface area contributed by atoms with Gasteiger partial charge >= 0.3 is 0 Å². The van der Waals surface area contributed by atoms with Crippen LogP contribution >= 0.6 is 0 Å². The van der Waals surface area contributed by atoms with Crippen LogP contribution in [0.2, 0.25) is 0 Å². The summed E-state index contributed by atoms with van der Waals surface area (Å²) in [5.74, 6) is 2.10. The van der Waals surface area contributed by atoms with E-state index in [2.05, 4.69) is 33.7 Å². The van der Waals surface area contributed by atoms with Crippen LogP contribution in [0.25, 0.3) is 0 Å². The molecule has 0 amide bonds. The molecular weight excluding hydrogens is 236 g/mol. The van der Waals surface area contributed by atoms with Crippen molar-refractivity contribution in [3.63, 3.8) is 0 Å². The molecule has 2 aliphatic rings. The van der Waals surface area contributed by atoms with Gasteiger partial charge in [-0.1, -0.05) is 0 Å². The van der Waals surface area contributed by atoms with Gasteiger partial charge in [-0.3, -0.25) is 0 Å². The van der Waals surface area contributed by atoms with Crippen LogP contribution < -0.4 is 5.32 Å². The number of rotatable bonds is 4. The van der Waals surface area contributed by atoms with Crippen LogP contribution in [0.5, 0.6) is 0 Å². The van der Waals surface area contributed by atoms with Crippen LogP contribution in [0.3, 0.4) is 0 Å². The average Bonchev–Trinajstić information content (AvgIpc) is 3.17. The minimum absolute atomic E-state index is 0.345. The molecule has 0 aromatic carbocycles. The average molecular weight is 262 g/mol. The van der Waals surface area contributed by atoms with Gasteiger partial charge in [0.2, 0.25) is 0 Å². The Hall–Kier alpha value is -0.870. The second-order valence-corrected chi connectivity index (χ2v) is 6.45. The molecule has 1 aromatic heterocycles. The second kappa shape index (κ2) is 5.25. The zero-order valence-electron chi connectivity index (χ0n) is 12.2. The molecule has 1 saturated heterocycles. The monoisotopic (exact) mass is 262 g/mol. The van der Waals surface area contributed by atoms with Gasteiger partial charge in [0.25, 0.3) is 0 Å². The lowest BCUT2D eigenvalue weighted by molar-refractivity contribution is 0.202. The van der Waals surface area contributed by atoms with E-state index >= 15 is 0 Å². The quantitative estimate of drug-likeness (QED) is 0.891. The second-order valence-electron chi connectivity index (χ2n) is 6.45. The van der Waals surface area contributed by atoms with Gasteiger partial charge in [0.1, 0.15) is 5.82 Å². The van der Waals surface area contributed by atoms with Crippen molar-refractivity contribution in [2.24, 2.45) is 13.0 Å². The number of aromatic nitrogens is 2. The molecule has 1 N–H and O–H groups in total. The highest BCUT2D eigenvalue weighted by molar-refractivity contribution is 5.01. The fraction of sp³-hybridized carbons (Fsp3) is 0.800. The summed E-state index contributed by atoms with van der Waals surface area (Å²) >= 11 is 0. The molecule has 0 bridgehead atoms. The summed E-state index contributed by atoms with van der Waals surface area (Å²) in [4.78, 5) is 7.06. The van der Waals surface area contributed by atoms with E-state index in [1.54, 1.807) is 0 Å². The van der Waals surface area contributed by atoms with Crippen LogP contribution in [0.15, 0.2) is 12.4 Å². The predicted octanol–water partition coefficient (Wildman–Crippen LogP) is 1.43. The van der Waals surface area contributed by atoms with Crippen LogP contribution in [0.4, 0.5) is 0 Å². The number of nitrogens with zero attached hydrogens (tertiary/aromatic N) is 3. The molecule has 1 aromatic rings. The van der Waals surface area contributed by atoms with Crippen molar-refractivity contribution in [3.8, 4) is 0 Å². The van der Waals surface area contributed by atoms with Crippen LogP contribution in [0.1, 0.15) is 32.0 Å². The number of hydrogen-bond donors (Lipinski definition) is 1. The third kappa shape index (κ3) is 3.00. The summed E-state index contributed by atoms with van der Waals surface area (Å²) < 4.78 is 2.14. The van der Waals surface area contributed by atoms with E-state index in [4.69, 9.17) is 0 Å². The Balaban J connectivity index is 1.58. The molecule has 19 heavy (non-hydrogen) atoms. The van der Waals surface area contributed by atoms with Gasteiger partial charge in [-0.25, -0.2) is 4.98 Å². The number of hydrogen-bond acceptors (Lipinski definition) is 3. The summed E-state index contributed by atoms with van der Waals surface area (Å²) in [5.41, 5.74) is 0.345. The summed E-state index contributed by atoms with van der Waals surface area (Å²) in [6, 6.07) is 0. The first-order valence-corrected chi connectivity index (χ1v) is 7.61. The largest absolute Gasteiger partial charge is 0.338 e. The number of imidazole rings is 1. The highest BCUT2D eigenvalue weighted by Crippen LogP contribution is 2.40. The molecule has 1 atom stereocenters. The Morgan fingerprint density at radius 3 is 3.00 bits per heavy atom. The maximum absolute atomic E-state index is 4.43. The topological polar surface area (TPSA) is 33.1 Å². The van der Waals surface area contributed by atoms with Gasteiger partial charge < -0.3 is 14.8 Å². The van der Waals surface area contributed by atoms with E-state index in [0.717, 1.165) is 18.9 Å². The molecule has 4 heteroatoms. The molecule has 1 unspecified atom stereocenters. The first-order chi connectivity index (χ1) is 9.17. The predicted molar refractivity (Wildman–Crippen MR) is 77.1 cm³/mol. The zero-order valence-corrected chi connectivity index (χ0v) is 12.2. The Morgan fingerprint density at radius 1 is 1.47 bits per heavy atom. The maximum Gasteiger partial charge on any atom is 0.109 e. The summed E-state index contributed by atoms with van der Waals surface area (Å²) in [7, 11) is 2.08. The highest BCUT2D eigenvalue weighted by atomic mass is 15.2. The van der Waals surface area contributed by atoms with E-state index in [0.29, 0.717) is 5.54 Å². The molecule has 106 valence electrons. The lowest BCUT2D eigenvalue weighted by atomic mass is 9.95. The first kappa shape index (κ1) is 13.1. The summed E-state index contributed by atoms with van der Waals surface area (Å²) in [5, 5.41) is 3.79. The van der Waals surface area contributed by atoms with Crippen molar-refractivity contribution in [1.29, 1.82) is 0 Å². The standard InChI is InChI=1S/C15H26N4/c1-15(13-4-5-13)12-19(9-3-7-17-15)10-6-14-16-8-11-18(14)2/h8,11,13,17H,3-7,9-10,12H2,1-2H3. The van der Waals surface area contributed by atoms with Crippen molar-refractivity contribution in [3.05, 3.63) is 18.2 Å². The van der Waals surface area contributed by atoms with E-state index in [1.165, 1.54) is 44.7 Å². The lowest BCUT2D eigenvalue weighted by Gasteiger charge is -2.34. The van der Waals surface area contributed by atoms with Gasteiger partial charge in [-0.2, -0.15) is 0 Å². The van der Waals surface area contributed by atoms with Crippen LogP contribution in [0, 0.1) is 5.92 Å². The summed E-state index contributed by atoms with van der Waals surface area (Å²) in [6.07, 6.45) is 9.09. The Labute approximate surface area is 116 Å². The van der Waals surface area contributed by atoms with Crippen molar-refractivity contribution >= 4 is 0 Å². The third-order valence-corrected chi connectivity index (χ3v) is 4.78. The third-order valence-electron chi connectivity index (χ3n) is 4.78. The van der Waals surface area contributed by atoms with E-state index in [-0.39, 0.29) is 0 Å². The Bertz CT molecular complexity index is 424. The normalized spacial score (nSPS) is 29.4. The smallest absolute Gasteiger partial charge is 0.109 e. The summed E-state index contributed by atoms with van der Waals surface area (Å²) in [6.45, 7) is 7.15. The Morgan fingerprint density at radius 2 is 2.32 bits per heavy atom. The molecule has 0 spiro atoms. The van der Waals surface area contributed by atoms with E-state index < -0.39 is 0 Å². The van der Waals surface area contributed by atoms with Gasteiger partial charge in [-0.05, 0) is 45.2 Å². The Kier molecular flexibility index (Phi) is 3.63. The van der Waals surface area contributed by atoms with Crippen molar-refractivity contribution < 1.29 is 0 Å². The lowest BCUT2D eigenvalue weighted by Crippen LogP contribution is -2.51. The molecule has 1 aliphatic heterocycles. The molecule has 2 heterocycles. The molecular formula is C15H26N4. The van der Waals surface area contributed by atoms with Gasteiger partial charge in [0.05, 0.1) is 0 Å². The number of aryl methyl sites for hydroxylation is 1. The molecule has 1 aliphatic carbocycles. The van der Waals surface area contributed by atoms with Gasteiger partial charge in [0.15, 0.2) is 0 Å². The minimum Gasteiger partial charge on any atom is -0.338 e. The highest BCUT2D eigenvalue weighted by Gasteiger charge is 2.42. The zero-order chi connectivity index (χ0) is 13.3. The van der Waals surface area contributed by atoms with Crippen molar-refractivity contribution in [2.75, 3.05) is 26.2 Å². The van der Waals surface area contributed by atoms with E-state index in [9.17, 15) is 0 Å².